The number of nitrogens with zero attached hydrogens (tertiary/aromatic N) is 4. The molecule has 0 spiro atoms. The summed E-state index contributed by atoms with van der Waals surface area (Å²) in [5.74, 6) is 1.11. The highest BCUT2D eigenvalue weighted by Crippen LogP contribution is 2.34. The molecule has 2 aliphatic heterocycles. The number of carbonyl (C=O) groups is 1. The Morgan fingerprint density at radius 1 is 1.34 bits per heavy atom. The van der Waals surface area contributed by atoms with E-state index in [2.05, 4.69) is 40.1 Å². The number of likely N-dealkylation sites (tertiary alicyclic amines) is 1. The molecule has 3 atom stereocenters. The standard InChI is InChI=1S/C26H37N5O/c1-5-6-11-28-26-20(3)24(10-9-22(26)15-27)31-16-19(2)13-23(18-31)29-25(32)14-21-8-7-12-30(4)17-21/h5-6,9-11,19,21,23H,7-8,12-14,16-18H2,1-4H3,(H,29,32)/b6-5+,28-11?/t19-,21?,23+/m0/s1. The monoisotopic (exact) mass is 435 g/mol. The van der Waals surface area contributed by atoms with Gasteiger partial charge in [0.2, 0.25) is 5.91 Å². The summed E-state index contributed by atoms with van der Waals surface area (Å²) in [5, 5.41) is 12.8. The SMILES string of the molecule is C/C=C/C=Nc1c(C#N)ccc(N2C[C@@H](C)C[C@@H](NC(=O)CC3CCCN(C)C3)C2)c1C. The first kappa shape index (κ1) is 24.0. The van der Waals surface area contributed by atoms with Crippen LogP contribution in [0.4, 0.5) is 11.4 Å². The van der Waals surface area contributed by atoms with Crippen LogP contribution in [-0.4, -0.2) is 56.3 Å². The third-order valence-electron chi connectivity index (χ3n) is 6.57. The average molecular weight is 436 g/mol. The second-order valence-corrected chi connectivity index (χ2v) is 9.51. The van der Waals surface area contributed by atoms with Gasteiger partial charge in [-0.1, -0.05) is 13.0 Å². The number of nitriles is 1. The van der Waals surface area contributed by atoms with Gasteiger partial charge in [-0.2, -0.15) is 5.26 Å². The number of hydrogen-bond donors (Lipinski definition) is 1. The number of carbonyl (C=O) groups excluding carboxylic acids is 1. The van der Waals surface area contributed by atoms with Gasteiger partial charge in [-0.25, -0.2) is 0 Å². The number of amides is 1. The zero-order valence-corrected chi connectivity index (χ0v) is 20.0. The van der Waals surface area contributed by atoms with Crippen molar-refractivity contribution in [2.75, 3.05) is 38.1 Å². The fraction of sp³-hybridized carbons (Fsp3) is 0.577. The highest BCUT2D eigenvalue weighted by molar-refractivity contribution is 5.79. The Morgan fingerprint density at radius 3 is 2.88 bits per heavy atom. The Bertz CT molecular complexity index is 900. The maximum Gasteiger partial charge on any atom is 0.220 e. The van der Waals surface area contributed by atoms with E-state index in [1.807, 2.05) is 38.1 Å². The van der Waals surface area contributed by atoms with Crippen molar-refractivity contribution in [2.24, 2.45) is 16.8 Å². The number of rotatable bonds is 6. The number of allylic oxidation sites excluding steroid dienone is 2. The molecule has 2 heterocycles. The highest BCUT2D eigenvalue weighted by atomic mass is 16.1. The molecule has 1 amide bonds. The molecule has 2 saturated heterocycles. The van der Waals surface area contributed by atoms with Crippen molar-refractivity contribution < 1.29 is 4.79 Å². The van der Waals surface area contributed by atoms with Gasteiger partial charge in [0.15, 0.2) is 0 Å². The molecule has 2 fully saturated rings. The third-order valence-corrected chi connectivity index (χ3v) is 6.57. The summed E-state index contributed by atoms with van der Waals surface area (Å²) < 4.78 is 0. The molecule has 3 rings (SSSR count). The van der Waals surface area contributed by atoms with Crippen LogP contribution in [0.25, 0.3) is 0 Å². The van der Waals surface area contributed by atoms with Crippen molar-refractivity contribution in [3.8, 4) is 6.07 Å². The van der Waals surface area contributed by atoms with Gasteiger partial charge in [0.1, 0.15) is 6.07 Å². The van der Waals surface area contributed by atoms with E-state index < -0.39 is 0 Å². The molecule has 6 nitrogen and oxygen atoms in total. The van der Waals surface area contributed by atoms with E-state index in [9.17, 15) is 10.1 Å². The first-order chi connectivity index (χ1) is 15.4. The summed E-state index contributed by atoms with van der Waals surface area (Å²) in [4.78, 5) is 22.0. The largest absolute Gasteiger partial charge is 0.369 e. The smallest absolute Gasteiger partial charge is 0.220 e. The van der Waals surface area contributed by atoms with Gasteiger partial charge < -0.3 is 15.1 Å². The summed E-state index contributed by atoms with van der Waals surface area (Å²) in [5.41, 5.74) is 3.41. The highest BCUT2D eigenvalue weighted by Gasteiger charge is 2.28. The van der Waals surface area contributed by atoms with E-state index in [4.69, 9.17) is 0 Å². The summed E-state index contributed by atoms with van der Waals surface area (Å²) in [6.45, 7) is 10.1. The lowest BCUT2D eigenvalue weighted by atomic mass is 9.92. The number of piperidine rings is 2. The third kappa shape index (κ3) is 6.20. The van der Waals surface area contributed by atoms with Crippen molar-refractivity contribution in [1.82, 2.24) is 10.2 Å². The first-order valence-electron chi connectivity index (χ1n) is 11.8. The fourth-order valence-corrected chi connectivity index (χ4v) is 5.13. The van der Waals surface area contributed by atoms with Gasteiger partial charge in [-0.3, -0.25) is 9.79 Å². The Kier molecular flexibility index (Phi) is 8.46. The Hall–Kier alpha value is -2.65. The van der Waals surface area contributed by atoms with Gasteiger partial charge in [0.05, 0.1) is 11.3 Å². The molecule has 1 aromatic rings. The normalized spacial score (nSPS) is 24.7. The maximum absolute atomic E-state index is 12.8. The lowest BCUT2D eigenvalue weighted by Crippen LogP contribution is -2.51. The molecule has 0 aromatic heterocycles. The zero-order valence-electron chi connectivity index (χ0n) is 20.0. The fourth-order valence-electron chi connectivity index (χ4n) is 5.13. The molecule has 1 unspecified atom stereocenters. The molecule has 0 saturated carbocycles. The minimum absolute atomic E-state index is 0.137. The molecular formula is C26H37N5O. The first-order valence-corrected chi connectivity index (χ1v) is 11.8. The molecular weight excluding hydrogens is 398 g/mol. The minimum atomic E-state index is 0.137. The number of nitrogens with one attached hydrogen (secondary N) is 1. The summed E-state index contributed by atoms with van der Waals surface area (Å²) in [6.07, 6.45) is 9.46. The summed E-state index contributed by atoms with van der Waals surface area (Å²) in [7, 11) is 2.14. The van der Waals surface area contributed by atoms with Crippen LogP contribution >= 0.6 is 0 Å². The maximum atomic E-state index is 12.8. The second-order valence-electron chi connectivity index (χ2n) is 9.51. The predicted molar refractivity (Wildman–Crippen MR) is 132 cm³/mol. The Morgan fingerprint density at radius 2 is 2.16 bits per heavy atom. The van der Waals surface area contributed by atoms with Crippen LogP contribution < -0.4 is 10.2 Å². The van der Waals surface area contributed by atoms with E-state index in [-0.39, 0.29) is 11.9 Å². The minimum Gasteiger partial charge on any atom is -0.369 e. The molecule has 0 aliphatic carbocycles. The van der Waals surface area contributed by atoms with Crippen LogP contribution in [0.5, 0.6) is 0 Å². The van der Waals surface area contributed by atoms with Crippen LogP contribution in [0.2, 0.25) is 0 Å². The van der Waals surface area contributed by atoms with Crippen LogP contribution in [0, 0.1) is 30.1 Å². The lowest BCUT2D eigenvalue weighted by Gasteiger charge is -2.39. The van der Waals surface area contributed by atoms with Crippen LogP contribution in [0.3, 0.4) is 0 Å². The van der Waals surface area contributed by atoms with Crippen molar-refractivity contribution in [2.45, 2.75) is 52.5 Å². The van der Waals surface area contributed by atoms with Crippen LogP contribution in [0.1, 0.15) is 50.7 Å². The van der Waals surface area contributed by atoms with E-state index in [1.165, 1.54) is 6.42 Å². The van der Waals surface area contributed by atoms with Gasteiger partial charge in [0, 0.05) is 44.0 Å². The van der Waals surface area contributed by atoms with Gasteiger partial charge in [-0.15, -0.1) is 0 Å². The molecule has 2 aliphatic rings. The van der Waals surface area contributed by atoms with E-state index in [0.29, 0.717) is 23.8 Å². The quantitative estimate of drug-likeness (QED) is 0.680. The number of hydrogen-bond acceptors (Lipinski definition) is 5. The molecule has 0 radical (unpaired) electrons. The topological polar surface area (TPSA) is 71.7 Å². The number of aliphatic imine (C=N–C) groups is 1. The number of anilines is 1. The average Bonchev–Trinajstić information content (AvgIpc) is 2.74. The van der Waals surface area contributed by atoms with Crippen molar-refractivity contribution in [3.05, 3.63) is 35.4 Å². The second kappa shape index (κ2) is 11.3. The van der Waals surface area contributed by atoms with Crippen molar-refractivity contribution in [3.63, 3.8) is 0 Å². The van der Waals surface area contributed by atoms with Gasteiger partial charge in [0.25, 0.3) is 0 Å². The van der Waals surface area contributed by atoms with Gasteiger partial charge >= 0.3 is 0 Å². The summed E-state index contributed by atoms with van der Waals surface area (Å²) in [6, 6.07) is 6.28. The van der Waals surface area contributed by atoms with E-state index in [1.54, 1.807) is 6.21 Å². The predicted octanol–water partition coefficient (Wildman–Crippen LogP) is 4.21. The molecule has 1 aromatic carbocycles. The lowest BCUT2D eigenvalue weighted by molar-refractivity contribution is -0.123. The van der Waals surface area contributed by atoms with Gasteiger partial charge in [-0.05, 0) is 82.3 Å². The molecule has 172 valence electrons. The van der Waals surface area contributed by atoms with Crippen molar-refractivity contribution >= 4 is 23.5 Å². The zero-order chi connectivity index (χ0) is 23.1. The molecule has 0 bridgehead atoms. The van der Waals surface area contributed by atoms with Crippen LogP contribution in [-0.2, 0) is 4.79 Å². The van der Waals surface area contributed by atoms with E-state index >= 15 is 0 Å². The summed E-state index contributed by atoms with van der Waals surface area (Å²) >= 11 is 0. The van der Waals surface area contributed by atoms with Crippen molar-refractivity contribution in [1.29, 1.82) is 5.26 Å². The molecule has 6 heteroatoms. The number of benzene rings is 1. The Labute approximate surface area is 193 Å². The molecule has 1 N–H and O–H groups in total. The molecule has 32 heavy (non-hydrogen) atoms. The Balaban J connectivity index is 1.71. The van der Waals surface area contributed by atoms with Crippen LogP contribution in [0.15, 0.2) is 29.3 Å². The van der Waals surface area contributed by atoms with E-state index in [0.717, 1.165) is 56.0 Å².